The lowest BCUT2D eigenvalue weighted by Gasteiger charge is -2.38. The highest BCUT2D eigenvalue weighted by Crippen LogP contribution is 2.41. The van der Waals surface area contributed by atoms with Crippen molar-refractivity contribution in [2.75, 3.05) is 33.2 Å². The van der Waals surface area contributed by atoms with Gasteiger partial charge in [0, 0.05) is 48.9 Å². The Morgan fingerprint density at radius 3 is 2.27 bits per heavy atom. The van der Waals surface area contributed by atoms with Crippen LogP contribution in [0.25, 0.3) is 22.2 Å². The Morgan fingerprint density at radius 2 is 1.53 bits per heavy atom. The molecule has 1 aliphatic rings. The molecular formula is C25H26N4O. The van der Waals surface area contributed by atoms with Crippen molar-refractivity contribution in [2.24, 2.45) is 0 Å². The van der Waals surface area contributed by atoms with E-state index in [0.717, 1.165) is 59.6 Å². The molecule has 2 aromatic carbocycles. The fourth-order valence-electron chi connectivity index (χ4n) is 4.53. The van der Waals surface area contributed by atoms with Crippen molar-refractivity contribution < 1.29 is 5.21 Å². The number of piperazine rings is 1. The SMILES string of the molecule is CN1CCN([C@@H](c2ccccn2)c2c(-c3ccccc3)n(O)c3ccccc23)CC1. The van der Waals surface area contributed by atoms with Crippen LogP contribution in [0.4, 0.5) is 0 Å². The van der Waals surface area contributed by atoms with E-state index in [9.17, 15) is 5.21 Å². The summed E-state index contributed by atoms with van der Waals surface area (Å²) in [6, 6.07) is 24.3. The maximum absolute atomic E-state index is 11.2. The van der Waals surface area contributed by atoms with Crippen molar-refractivity contribution in [1.29, 1.82) is 0 Å². The predicted octanol–water partition coefficient (Wildman–Crippen LogP) is 4.28. The van der Waals surface area contributed by atoms with Crippen molar-refractivity contribution >= 4 is 10.9 Å². The summed E-state index contributed by atoms with van der Waals surface area (Å²) in [6.45, 7) is 3.94. The van der Waals surface area contributed by atoms with E-state index in [1.165, 1.54) is 4.73 Å². The van der Waals surface area contributed by atoms with Gasteiger partial charge in [0.2, 0.25) is 0 Å². The van der Waals surface area contributed by atoms with Crippen LogP contribution in [0.2, 0.25) is 0 Å². The van der Waals surface area contributed by atoms with Crippen LogP contribution < -0.4 is 0 Å². The van der Waals surface area contributed by atoms with E-state index in [-0.39, 0.29) is 6.04 Å². The van der Waals surface area contributed by atoms with E-state index in [0.29, 0.717) is 0 Å². The van der Waals surface area contributed by atoms with E-state index in [2.05, 4.69) is 41.1 Å². The molecule has 0 spiro atoms. The number of rotatable bonds is 4. The lowest BCUT2D eigenvalue weighted by molar-refractivity contribution is 0.125. The fraction of sp³-hybridized carbons (Fsp3) is 0.240. The van der Waals surface area contributed by atoms with Crippen LogP contribution in [-0.2, 0) is 0 Å². The summed E-state index contributed by atoms with van der Waals surface area (Å²) in [5.74, 6) is 0. The van der Waals surface area contributed by atoms with Gasteiger partial charge in [0.1, 0.15) is 0 Å². The van der Waals surface area contributed by atoms with Crippen LogP contribution in [0.1, 0.15) is 17.3 Å². The Morgan fingerprint density at radius 1 is 0.833 bits per heavy atom. The standard InChI is InChI=1S/C25H26N4O/c1-27-15-17-28(18-16-27)25(21-12-7-8-14-26-21)23-20-11-5-6-13-22(20)29(30)24(23)19-9-3-2-4-10-19/h2-14,25,30H,15-18H2,1H3/t25-/m0/s1. The predicted molar refractivity (Wildman–Crippen MR) is 120 cm³/mol. The van der Waals surface area contributed by atoms with Gasteiger partial charge < -0.3 is 10.1 Å². The first-order chi connectivity index (χ1) is 14.7. The highest BCUT2D eigenvalue weighted by Gasteiger charge is 2.32. The molecule has 1 saturated heterocycles. The first-order valence-electron chi connectivity index (χ1n) is 10.5. The van der Waals surface area contributed by atoms with Gasteiger partial charge in [-0.05, 0) is 25.2 Å². The molecule has 0 bridgehead atoms. The Kier molecular flexibility index (Phi) is 4.99. The van der Waals surface area contributed by atoms with Crippen LogP contribution >= 0.6 is 0 Å². The van der Waals surface area contributed by atoms with E-state index < -0.39 is 0 Å². The topological polar surface area (TPSA) is 44.5 Å². The van der Waals surface area contributed by atoms with Crippen LogP contribution in [0.3, 0.4) is 0 Å². The first-order valence-corrected chi connectivity index (χ1v) is 10.5. The minimum absolute atomic E-state index is 0.0339. The monoisotopic (exact) mass is 398 g/mol. The second-order valence-corrected chi connectivity index (χ2v) is 7.95. The third-order valence-corrected chi connectivity index (χ3v) is 6.08. The largest absolute Gasteiger partial charge is 0.428 e. The minimum atomic E-state index is -0.0339. The molecule has 0 saturated carbocycles. The number of para-hydroxylation sites is 1. The summed E-state index contributed by atoms with van der Waals surface area (Å²) in [5.41, 5.74) is 4.78. The lowest BCUT2D eigenvalue weighted by Crippen LogP contribution is -2.46. The summed E-state index contributed by atoms with van der Waals surface area (Å²) in [5, 5.41) is 12.3. The van der Waals surface area contributed by atoms with Gasteiger partial charge in [-0.15, -0.1) is 0 Å². The number of benzene rings is 2. The first kappa shape index (κ1) is 18.9. The zero-order valence-corrected chi connectivity index (χ0v) is 17.1. The molecule has 1 fully saturated rings. The number of likely N-dealkylation sites (N-methyl/N-ethyl adjacent to an activating group) is 1. The summed E-state index contributed by atoms with van der Waals surface area (Å²) in [4.78, 5) is 9.61. The molecule has 5 rings (SSSR count). The zero-order valence-electron chi connectivity index (χ0n) is 17.1. The van der Waals surface area contributed by atoms with Crippen LogP contribution in [0.15, 0.2) is 79.0 Å². The summed E-state index contributed by atoms with van der Waals surface area (Å²) < 4.78 is 1.35. The molecule has 2 aromatic heterocycles. The van der Waals surface area contributed by atoms with Crippen molar-refractivity contribution in [3.8, 4) is 11.3 Å². The number of hydrogen-bond donors (Lipinski definition) is 1. The maximum atomic E-state index is 11.2. The molecule has 0 radical (unpaired) electrons. The van der Waals surface area contributed by atoms with Gasteiger partial charge in [0.25, 0.3) is 0 Å². The molecule has 0 unspecified atom stereocenters. The lowest BCUT2D eigenvalue weighted by atomic mass is 9.94. The molecule has 0 amide bonds. The Labute approximate surface area is 176 Å². The number of hydrogen-bond acceptors (Lipinski definition) is 4. The molecule has 1 atom stereocenters. The number of pyridine rings is 1. The highest BCUT2D eigenvalue weighted by atomic mass is 16.5. The van der Waals surface area contributed by atoms with Crippen molar-refractivity contribution in [1.82, 2.24) is 19.5 Å². The average Bonchev–Trinajstić information content (AvgIpc) is 3.09. The summed E-state index contributed by atoms with van der Waals surface area (Å²) >= 11 is 0. The number of aromatic nitrogens is 2. The third-order valence-electron chi connectivity index (χ3n) is 6.08. The van der Waals surface area contributed by atoms with Crippen molar-refractivity contribution in [3.63, 3.8) is 0 Å². The summed E-state index contributed by atoms with van der Waals surface area (Å²) in [6.07, 6.45) is 1.86. The van der Waals surface area contributed by atoms with Gasteiger partial charge in [-0.2, -0.15) is 4.73 Å². The van der Waals surface area contributed by atoms with Crippen LogP contribution in [0, 0.1) is 0 Å². The van der Waals surface area contributed by atoms with Crippen molar-refractivity contribution in [2.45, 2.75) is 6.04 Å². The molecular weight excluding hydrogens is 372 g/mol. The smallest absolute Gasteiger partial charge is 0.0930 e. The van der Waals surface area contributed by atoms with Gasteiger partial charge >= 0.3 is 0 Å². The second-order valence-electron chi connectivity index (χ2n) is 7.95. The quantitative estimate of drug-likeness (QED) is 0.521. The van der Waals surface area contributed by atoms with Crippen LogP contribution in [0.5, 0.6) is 0 Å². The molecule has 3 heterocycles. The molecule has 152 valence electrons. The Bertz CT molecular complexity index is 1130. The molecule has 0 aliphatic carbocycles. The highest BCUT2D eigenvalue weighted by molar-refractivity contribution is 5.92. The molecule has 4 aromatic rings. The van der Waals surface area contributed by atoms with E-state index in [1.807, 2.05) is 54.7 Å². The van der Waals surface area contributed by atoms with E-state index in [4.69, 9.17) is 4.98 Å². The molecule has 30 heavy (non-hydrogen) atoms. The molecule has 5 heteroatoms. The fourth-order valence-corrected chi connectivity index (χ4v) is 4.53. The van der Waals surface area contributed by atoms with Crippen LogP contribution in [-0.4, -0.2) is 57.9 Å². The van der Waals surface area contributed by atoms with E-state index in [1.54, 1.807) is 0 Å². The van der Waals surface area contributed by atoms with Crippen molar-refractivity contribution in [3.05, 3.63) is 90.3 Å². The average molecular weight is 399 g/mol. The number of fused-ring (bicyclic) bond motifs is 1. The zero-order chi connectivity index (χ0) is 20.5. The normalized spacial score (nSPS) is 16.7. The molecule has 1 N–H and O–H groups in total. The maximum Gasteiger partial charge on any atom is 0.0930 e. The van der Waals surface area contributed by atoms with Gasteiger partial charge in [-0.3, -0.25) is 9.88 Å². The Balaban J connectivity index is 1.78. The summed E-state index contributed by atoms with van der Waals surface area (Å²) in [7, 11) is 2.17. The molecule has 1 aliphatic heterocycles. The Hall–Kier alpha value is -3.15. The third kappa shape index (κ3) is 3.26. The number of nitrogens with zero attached hydrogens (tertiary/aromatic N) is 4. The van der Waals surface area contributed by atoms with Gasteiger partial charge in [0.15, 0.2) is 0 Å². The van der Waals surface area contributed by atoms with Gasteiger partial charge in [-0.25, -0.2) is 0 Å². The van der Waals surface area contributed by atoms with Gasteiger partial charge in [0.05, 0.1) is 22.9 Å². The second kappa shape index (κ2) is 7.94. The minimum Gasteiger partial charge on any atom is -0.428 e. The van der Waals surface area contributed by atoms with E-state index >= 15 is 0 Å². The molecule has 5 nitrogen and oxygen atoms in total. The van der Waals surface area contributed by atoms with Gasteiger partial charge in [-0.1, -0.05) is 54.6 Å².